The largest absolute Gasteiger partial charge is 0.354 e. The quantitative estimate of drug-likeness (QED) is 0.600. The van der Waals surface area contributed by atoms with Gasteiger partial charge in [0.2, 0.25) is 0 Å². The number of fused-ring (bicyclic) bond motifs is 1. The molecule has 0 unspecified atom stereocenters. The van der Waals surface area contributed by atoms with E-state index < -0.39 is 0 Å². The second-order valence-electron chi connectivity index (χ2n) is 7.14. The van der Waals surface area contributed by atoms with Crippen molar-refractivity contribution in [3.63, 3.8) is 0 Å². The predicted octanol–water partition coefficient (Wildman–Crippen LogP) is 3.11. The molecule has 1 saturated heterocycles. The third kappa shape index (κ3) is 3.12. The van der Waals surface area contributed by atoms with E-state index in [0.717, 1.165) is 65.2 Å². The van der Waals surface area contributed by atoms with Gasteiger partial charge in [-0.2, -0.15) is 5.10 Å². The maximum atomic E-state index is 4.75. The highest BCUT2D eigenvalue weighted by molar-refractivity contribution is 5.98. The van der Waals surface area contributed by atoms with E-state index in [1.165, 1.54) is 0 Å². The second kappa shape index (κ2) is 7.05. The molecule has 6 nitrogen and oxygen atoms in total. The number of aromatic nitrogens is 4. The zero-order chi connectivity index (χ0) is 18.9. The summed E-state index contributed by atoms with van der Waals surface area (Å²) >= 11 is 0. The molecule has 0 spiro atoms. The van der Waals surface area contributed by atoms with Gasteiger partial charge in [-0.1, -0.05) is 6.07 Å². The monoisotopic (exact) mass is 370 g/mol. The fourth-order valence-corrected chi connectivity index (χ4v) is 3.78. The van der Waals surface area contributed by atoms with Gasteiger partial charge >= 0.3 is 0 Å². The number of nitrogens with one attached hydrogen (secondary N) is 1. The molecule has 0 saturated carbocycles. The minimum Gasteiger partial charge on any atom is -0.354 e. The SMILES string of the molecule is Cn1cc(-c2cc(-c3ccc(N4CCNCC4)nc3)c3cccnc3c2)cn1. The van der Waals surface area contributed by atoms with Crippen molar-refractivity contribution < 1.29 is 0 Å². The minimum absolute atomic E-state index is 0.977. The molecule has 0 bridgehead atoms. The van der Waals surface area contributed by atoms with E-state index in [2.05, 4.69) is 50.6 Å². The number of benzene rings is 1. The second-order valence-corrected chi connectivity index (χ2v) is 7.14. The molecule has 4 aromatic rings. The molecule has 1 aliphatic heterocycles. The molecule has 1 N–H and O–H groups in total. The van der Waals surface area contributed by atoms with Crippen LogP contribution in [0.15, 0.2) is 61.2 Å². The topological polar surface area (TPSA) is 58.9 Å². The molecule has 0 aliphatic carbocycles. The lowest BCUT2D eigenvalue weighted by Gasteiger charge is -2.28. The van der Waals surface area contributed by atoms with Crippen molar-refractivity contribution in [1.82, 2.24) is 25.1 Å². The van der Waals surface area contributed by atoms with E-state index in [4.69, 9.17) is 4.98 Å². The minimum atomic E-state index is 0.977. The summed E-state index contributed by atoms with van der Waals surface area (Å²) in [6.07, 6.45) is 7.73. The molecule has 140 valence electrons. The van der Waals surface area contributed by atoms with Crippen molar-refractivity contribution in [2.75, 3.05) is 31.1 Å². The van der Waals surface area contributed by atoms with Gasteiger partial charge in [-0.05, 0) is 41.5 Å². The Balaban J connectivity index is 1.59. The molecule has 5 rings (SSSR count). The van der Waals surface area contributed by atoms with Crippen molar-refractivity contribution in [2.24, 2.45) is 7.05 Å². The number of nitrogens with zero attached hydrogens (tertiary/aromatic N) is 5. The standard InChI is InChI=1S/C22H22N6/c1-27-15-18(14-26-27)17-11-20(19-3-2-6-24-21(19)12-17)16-4-5-22(25-13-16)28-9-7-23-8-10-28/h2-6,11-15,23H,7-10H2,1H3. The molecule has 0 amide bonds. The Hall–Kier alpha value is -3.25. The number of pyridine rings is 2. The Bertz CT molecular complexity index is 1110. The van der Waals surface area contributed by atoms with Crippen LogP contribution in [0, 0.1) is 0 Å². The maximum absolute atomic E-state index is 4.75. The van der Waals surface area contributed by atoms with Gasteiger partial charge in [0.15, 0.2) is 0 Å². The first-order valence-electron chi connectivity index (χ1n) is 9.58. The third-order valence-corrected chi connectivity index (χ3v) is 5.26. The fourth-order valence-electron chi connectivity index (χ4n) is 3.78. The van der Waals surface area contributed by atoms with Crippen LogP contribution in [0.1, 0.15) is 0 Å². The van der Waals surface area contributed by atoms with E-state index in [1.807, 2.05) is 42.6 Å². The lowest BCUT2D eigenvalue weighted by molar-refractivity contribution is 0.585. The van der Waals surface area contributed by atoms with Gasteiger partial charge in [-0.15, -0.1) is 0 Å². The van der Waals surface area contributed by atoms with Crippen LogP contribution >= 0.6 is 0 Å². The highest BCUT2D eigenvalue weighted by Crippen LogP contribution is 2.33. The summed E-state index contributed by atoms with van der Waals surface area (Å²) in [5.41, 5.74) is 5.42. The van der Waals surface area contributed by atoms with Crippen molar-refractivity contribution in [2.45, 2.75) is 0 Å². The Labute approximate surface area is 163 Å². The summed E-state index contributed by atoms with van der Waals surface area (Å²) in [6.45, 7) is 4.01. The van der Waals surface area contributed by atoms with Crippen LogP contribution in [-0.4, -0.2) is 45.9 Å². The van der Waals surface area contributed by atoms with Crippen molar-refractivity contribution in [1.29, 1.82) is 0 Å². The van der Waals surface area contributed by atoms with Crippen LogP contribution < -0.4 is 10.2 Å². The van der Waals surface area contributed by atoms with E-state index >= 15 is 0 Å². The number of rotatable bonds is 3. The Morgan fingerprint density at radius 2 is 1.82 bits per heavy atom. The number of hydrogen-bond donors (Lipinski definition) is 1. The fraction of sp³-hybridized carbons (Fsp3) is 0.227. The first-order valence-corrected chi connectivity index (χ1v) is 9.58. The van der Waals surface area contributed by atoms with E-state index in [-0.39, 0.29) is 0 Å². The number of aryl methyl sites for hydroxylation is 1. The average molecular weight is 370 g/mol. The Morgan fingerprint density at radius 3 is 2.57 bits per heavy atom. The summed E-state index contributed by atoms with van der Waals surface area (Å²) in [7, 11) is 1.93. The van der Waals surface area contributed by atoms with Crippen molar-refractivity contribution in [3.05, 3.63) is 61.2 Å². The Morgan fingerprint density at radius 1 is 0.929 bits per heavy atom. The molecule has 3 aromatic heterocycles. The molecule has 1 fully saturated rings. The lowest BCUT2D eigenvalue weighted by atomic mass is 9.97. The van der Waals surface area contributed by atoms with E-state index in [0.29, 0.717) is 0 Å². The average Bonchev–Trinajstić information content (AvgIpc) is 3.20. The molecule has 1 aromatic carbocycles. The van der Waals surface area contributed by atoms with Crippen LogP contribution in [0.2, 0.25) is 0 Å². The van der Waals surface area contributed by atoms with E-state index in [9.17, 15) is 0 Å². The molecule has 1 aliphatic rings. The molecule has 6 heteroatoms. The van der Waals surface area contributed by atoms with E-state index in [1.54, 1.807) is 0 Å². The Kier molecular flexibility index (Phi) is 4.25. The van der Waals surface area contributed by atoms with Gasteiger partial charge < -0.3 is 10.2 Å². The molecular weight excluding hydrogens is 348 g/mol. The third-order valence-electron chi connectivity index (χ3n) is 5.26. The van der Waals surface area contributed by atoms with Crippen molar-refractivity contribution >= 4 is 16.7 Å². The summed E-state index contributed by atoms with van der Waals surface area (Å²) in [6, 6.07) is 12.7. The predicted molar refractivity (Wildman–Crippen MR) is 112 cm³/mol. The molecule has 0 atom stereocenters. The number of anilines is 1. The summed E-state index contributed by atoms with van der Waals surface area (Å²) in [5, 5.41) is 8.83. The van der Waals surface area contributed by atoms with Crippen molar-refractivity contribution in [3.8, 4) is 22.3 Å². The van der Waals surface area contributed by atoms with Crippen LogP contribution in [0.25, 0.3) is 33.2 Å². The van der Waals surface area contributed by atoms with Crippen LogP contribution in [0.4, 0.5) is 5.82 Å². The molecule has 4 heterocycles. The van der Waals surface area contributed by atoms with Gasteiger partial charge in [-0.25, -0.2) is 4.98 Å². The summed E-state index contributed by atoms with van der Waals surface area (Å²) < 4.78 is 1.82. The first kappa shape index (κ1) is 16.9. The van der Waals surface area contributed by atoms with Crippen LogP contribution in [0.5, 0.6) is 0 Å². The zero-order valence-electron chi connectivity index (χ0n) is 15.8. The van der Waals surface area contributed by atoms with Gasteiger partial charge in [0, 0.05) is 68.3 Å². The van der Waals surface area contributed by atoms with Gasteiger partial charge in [0.1, 0.15) is 5.82 Å². The first-order chi connectivity index (χ1) is 13.8. The van der Waals surface area contributed by atoms with Crippen LogP contribution in [0.3, 0.4) is 0 Å². The summed E-state index contributed by atoms with van der Waals surface area (Å²) in [4.78, 5) is 11.7. The molecule has 0 radical (unpaired) electrons. The van der Waals surface area contributed by atoms with Gasteiger partial charge in [0.25, 0.3) is 0 Å². The zero-order valence-corrected chi connectivity index (χ0v) is 15.8. The number of hydrogen-bond acceptors (Lipinski definition) is 5. The molecule has 28 heavy (non-hydrogen) atoms. The smallest absolute Gasteiger partial charge is 0.128 e. The maximum Gasteiger partial charge on any atom is 0.128 e. The van der Waals surface area contributed by atoms with Gasteiger partial charge in [-0.3, -0.25) is 9.67 Å². The van der Waals surface area contributed by atoms with Crippen LogP contribution in [-0.2, 0) is 7.05 Å². The highest BCUT2D eigenvalue weighted by atomic mass is 15.2. The highest BCUT2D eigenvalue weighted by Gasteiger charge is 2.13. The number of piperazine rings is 1. The molecular formula is C22H22N6. The normalized spacial score (nSPS) is 14.5. The van der Waals surface area contributed by atoms with Gasteiger partial charge in [0.05, 0.1) is 11.7 Å². The summed E-state index contributed by atoms with van der Waals surface area (Å²) in [5.74, 6) is 1.04. The lowest BCUT2D eigenvalue weighted by Crippen LogP contribution is -2.43.